The van der Waals surface area contributed by atoms with E-state index in [1.165, 1.54) is 5.56 Å². The molecular formula is C23H26ClFN2S. The van der Waals surface area contributed by atoms with E-state index in [0.717, 1.165) is 48.6 Å². The second-order valence-electron chi connectivity index (χ2n) is 7.18. The molecule has 0 bridgehead atoms. The van der Waals surface area contributed by atoms with Crippen LogP contribution in [0.3, 0.4) is 0 Å². The van der Waals surface area contributed by atoms with Gasteiger partial charge in [0.15, 0.2) is 0 Å². The van der Waals surface area contributed by atoms with Gasteiger partial charge in [0, 0.05) is 33.6 Å². The van der Waals surface area contributed by atoms with Gasteiger partial charge in [-0.25, -0.2) is 9.37 Å². The van der Waals surface area contributed by atoms with Gasteiger partial charge in [0.1, 0.15) is 5.82 Å². The maximum absolute atomic E-state index is 14.5. The van der Waals surface area contributed by atoms with E-state index in [1.807, 2.05) is 36.8 Å². The summed E-state index contributed by atoms with van der Waals surface area (Å²) in [5.41, 5.74) is 1.25. The lowest BCUT2D eigenvalue weighted by Crippen LogP contribution is -2.31. The van der Waals surface area contributed by atoms with Gasteiger partial charge in [0.25, 0.3) is 0 Å². The molecule has 2 nitrogen and oxygen atoms in total. The molecule has 0 saturated heterocycles. The van der Waals surface area contributed by atoms with Gasteiger partial charge in [-0.3, -0.25) is 0 Å². The molecule has 0 aliphatic heterocycles. The van der Waals surface area contributed by atoms with Crippen molar-refractivity contribution in [3.63, 3.8) is 0 Å². The molecule has 3 aromatic rings. The monoisotopic (exact) mass is 416 g/mol. The number of nitrogens with zero attached hydrogens (tertiary/aromatic N) is 2. The number of imidazole rings is 1. The van der Waals surface area contributed by atoms with Crippen LogP contribution in [0.4, 0.5) is 4.39 Å². The molecule has 3 rings (SSSR count). The van der Waals surface area contributed by atoms with Gasteiger partial charge in [0.2, 0.25) is 0 Å². The summed E-state index contributed by atoms with van der Waals surface area (Å²) < 4.78 is 16.5. The van der Waals surface area contributed by atoms with Crippen LogP contribution in [0.1, 0.15) is 38.2 Å². The summed E-state index contributed by atoms with van der Waals surface area (Å²) in [7, 11) is 0. The Hall–Kier alpha value is -1.78. The van der Waals surface area contributed by atoms with E-state index < -0.39 is 0 Å². The van der Waals surface area contributed by atoms with Crippen molar-refractivity contribution in [2.75, 3.05) is 0 Å². The first kappa shape index (κ1) is 20.9. The van der Waals surface area contributed by atoms with E-state index in [1.54, 1.807) is 30.1 Å². The third-order valence-corrected chi connectivity index (χ3v) is 6.73. The van der Waals surface area contributed by atoms with E-state index in [2.05, 4.69) is 28.6 Å². The smallest absolute Gasteiger partial charge is 0.136 e. The van der Waals surface area contributed by atoms with Crippen molar-refractivity contribution in [1.29, 1.82) is 0 Å². The molecule has 1 atom stereocenters. The van der Waals surface area contributed by atoms with Gasteiger partial charge < -0.3 is 4.57 Å². The first-order chi connectivity index (χ1) is 13.6. The molecule has 0 spiro atoms. The molecule has 0 amide bonds. The van der Waals surface area contributed by atoms with Crippen LogP contribution in [0.5, 0.6) is 0 Å². The number of thioether (sulfide) groups is 1. The van der Waals surface area contributed by atoms with Crippen molar-refractivity contribution in [3.05, 3.63) is 83.7 Å². The normalized spacial score (nSPS) is 13.4. The van der Waals surface area contributed by atoms with Crippen molar-refractivity contribution in [2.24, 2.45) is 0 Å². The number of rotatable bonds is 10. The van der Waals surface area contributed by atoms with Crippen LogP contribution in [0.15, 0.2) is 72.1 Å². The van der Waals surface area contributed by atoms with Crippen LogP contribution in [-0.2, 0) is 13.0 Å². The Morgan fingerprint density at radius 3 is 2.57 bits per heavy atom. The minimum Gasteiger partial charge on any atom is -0.336 e. The van der Waals surface area contributed by atoms with Gasteiger partial charge in [0.05, 0.1) is 6.33 Å². The highest BCUT2D eigenvalue weighted by atomic mass is 35.5. The Kier molecular flexibility index (Phi) is 7.57. The number of halogens is 2. The molecule has 1 aromatic heterocycles. The second kappa shape index (κ2) is 10.1. The maximum Gasteiger partial charge on any atom is 0.136 e. The third kappa shape index (κ3) is 5.86. The molecule has 0 saturated carbocycles. The van der Waals surface area contributed by atoms with Crippen LogP contribution in [0.25, 0.3) is 0 Å². The predicted octanol–water partition coefficient (Wildman–Crippen LogP) is 7.03. The fraction of sp³-hybridized carbons (Fsp3) is 0.348. The standard InChI is InChI=1S/C23H26ClFN2S/c1-2-3-13-23(17-27-16-15-26-18-27,28-22-7-5-4-6-21(22)25)14-12-19-8-10-20(24)11-9-19/h4-11,15-16,18H,2-3,12-14,17H2,1H3. The Bertz CT molecular complexity index is 851. The summed E-state index contributed by atoms with van der Waals surface area (Å²) in [5.74, 6) is -0.148. The van der Waals surface area contributed by atoms with Crippen molar-refractivity contribution < 1.29 is 4.39 Å². The van der Waals surface area contributed by atoms with Crippen molar-refractivity contribution in [2.45, 2.75) is 55.2 Å². The zero-order valence-corrected chi connectivity index (χ0v) is 17.7. The van der Waals surface area contributed by atoms with Crippen molar-refractivity contribution >= 4 is 23.4 Å². The summed E-state index contributed by atoms with van der Waals surface area (Å²) in [6, 6.07) is 15.1. The molecule has 148 valence electrons. The molecule has 2 aromatic carbocycles. The van der Waals surface area contributed by atoms with Gasteiger partial charge in [-0.2, -0.15) is 0 Å². The molecule has 0 aliphatic carbocycles. The highest BCUT2D eigenvalue weighted by molar-refractivity contribution is 8.00. The second-order valence-corrected chi connectivity index (χ2v) is 9.13. The van der Waals surface area contributed by atoms with Crippen molar-refractivity contribution in [1.82, 2.24) is 9.55 Å². The third-order valence-electron chi connectivity index (χ3n) is 4.96. The number of unbranched alkanes of at least 4 members (excludes halogenated alkanes) is 1. The summed E-state index contributed by atoms with van der Waals surface area (Å²) in [6.07, 6.45) is 10.8. The lowest BCUT2D eigenvalue weighted by Gasteiger charge is -2.34. The van der Waals surface area contributed by atoms with Crippen LogP contribution in [0.2, 0.25) is 5.02 Å². The number of hydrogen-bond acceptors (Lipinski definition) is 2. The molecule has 0 aliphatic rings. The summed E-state index contributed by atoms with van der Waals surface area (Å²) in [6.45, 7) is 3.01. The van der Waals surface area contributed by atoms with Crippen LogP contribution in [0, 0.1) is 5.82 Å². The fourth-order valence-electron chi connectivity index (χ4n) is 3.41. The average molecular weight is 417 g/mol. The van der Waals surface area contributed by atoms with Crippen LogP contribution in [-0.4, -0.2) is 14.3 Å². The summed E-state index contributed by atoms with van der Waals surface area (Å²) in [4.78, 5) is 4.92. The van der Waals surface area contributed by atoms with E-state index in [-0.39, 0.29) is 10.6 Å². The molecule has 0 N–H and O–H groups in total. The molecule has 1 unspecified atom stereocenters. The van der Waals surface area contributed by atoms with Crippen molar-refractivity contribution in [3.8, 4) is 0 Å². The SMILES string of the molecule is CCCCC(CCc1ccc(Cl)cc1)(Cn1ccnc1)Sc1ccccc1F. The Labute approximate surface area is 176 Å². The zero-order valence-electron chi connectivity index (χ0n) is 16.2. The lowest BCUT2D eigenvalue weighted by molar-refractivity contribution is 0.420. The number of aromatic nitrogens is 2. The van der Waals surface area contributed by atoms with Gasteiger partial charge in [-0.1, -0.05) is 55.6 Å². The summed E-state index contributed by atoms with van der Waals surface area (Å²) in [5, 5.41) is 0.750. The van der Waals surface area contributed by atoms with Gasteiger partial charge in [-0.05, 0) is 49.1 Å². The summed E-state index contributed by atoms with van der Waals surface area (Å²) >= 11 is 7.71. The topological polar surface area (TPSA) is 17.8 Å². The maximum atomic E-state index is 14.5. The zero-order chi connectivity index (χ0) is 19.8. The molecule has 1 heterocycles. The molecule has 5 heteroatoms. The predicted molar refractivity (Wildman–Crippen MR) is 117 cm³/mol. The largest absolute Gasteiger partial charge is 0.336 e. The first-order valence-electron chi connectivity index (χ1n) is 9.74. The number of hydrogen-bond donors (Lipinski definition) is 0. The van der Waals surface area contributed by atoms with Crippen LogP contribution < -0.4 is 0 Å². The number of benzene rings is 2. The Morgan fingerprint density at radius 2 is 1.89 bits per heavy atom. The van der Waals surface area contributed by atoms with E-state index in [0.29, 0.717) is 0 Å². The molecular weight excluding hydrogens is 391 g/mol. The highest BCUT2D eigenvalue weighted by Gasteiger charge is 2.32. The molecule has 28 heavy (non-hydrogen) atoms. The Morgan fingerprint density at radius 1 is 1.11 bits per heavy atom. The van der Waals surface area contributed by atoms with Gasteiger partial charge in [-0.15, -0.1) is 11.8 Å². The highest BCUT2D eigenvalue weighted by Crippen LogP contribution is 2.43. The molecule has 0 radical (unpaired) electrons. The minimum absolute atomic E-state index is 0.113. The lowest BCUT2D eigenvalue weighted by atomic mass is 9.93. The Balaban J connectivity index is 1.88. The average Bonchev–Trinajstić information content (AvgIpc) is 3.20. The van der Waals surface area contributed by atoms with Gasteiger partial charge >= 0.3 is 0 Å². The quantitative estimate of drug-likeness (QED) is 0.330. The van der Waals surface area contributed by atoms with E-state index in [4.69, 9.17) is 11.6 Å². The fourth-order valence-corrected chi connectivity index (χ4v) is 4.98. The van der Waals surface area contributed by atoms with E-state index in [9.17, 15) is 4.39 Å². The van der Waals surface area contributed by atoms with Crippen LogP contribution >= 0.6 is 23.4 Å². The first-order valence-corrected chi connectivity index (χ1v) is 10.9. The number of aryl methyl sites for hydroxylation is 1. The molecule has 0 fully saturated rings. The van der Waals surface area contributed by atoms with E-state index >= 15 is 0 Å². The minimum atomic E-state index is -0.148.